The quantitative estimate of drug-likeness (QED) is 0.344. The highest BCUT2D eigenvalue weighted by Crippen LogP contribution is 2.33. The van der Waals surface area contributed by atoms with Gasteiger partial charge in [-0.25, -0.2) is 17.9 Å². The normalized spacial score (nSPS) is 11.1. The van der Waals surface area contributed by atoms with Crippen LogP contribution in [0, 0.1) is 0 Å². The lowest BCUT2D eigenvalue weighted by Crippen LogP contribution is -2.34. The number of rotatable bonds is 9. The molecule has 8 heteroatoms. The molecule has 0 unspecified atom stereocenters. The second-order valence-electron chi connectivity index (χ2n) is 7.27. The van der Waals surface area contributed by atoms with Gasteiger partial charge in [0.15, 0.2) is 11.5 Å². The zero-order valence-corrected chi connectivity index (χ0v) is 22.2. The number of methoxy groups -OCH3 is 1. The van der Waals surface area contributed by atoms with E-state index in [0.717, 1.165) is 23.1 Å². The maximum Gasteiger partial charge on any atom is 0.333 e. The molecule has 36 heavy (non-hydrogen) atoms. The fraction of sp³-hybridized carbons (Fsp3) is 0.250. The summed E-state index contributed by atoms with van der Waals surface area (Å²) in [7, 11) is -2.35. The minimum Gasteiger partial charge on any atom is -0.493 e. The Morgan fingerprint density at radius 3 is 2.11 bits per heavy atom. The van der Waals surface area contributed by atoms with E-state index < -0.39 is 16.1 Å². The minimum atomic E-state index is -3.95. The predicted molar refractivity (Wildman–Crippen MR) is 145 cm³/mol. The number of anilines is 1. The van der Waals surface area contributed by atoms with E-state index in [-0.39, 0.29) is 4.90 Å². The molecule has 0 bridgehead atoms. The molecule has 0 fully saturated rings. The maximum atomic E-state index is 12.3. The van der Waals surface area contributed by atoms with Crippen molar-refractivity contribution >= 4 is 27.3 Å². The summed E-state index contributed by atoms with van der Waals surface area (Å²) >= 11 is 0. The Hall–Kier alpha value is -3.78. The molecule has 0 saturated carbocycles. The van der Waals surface area contributed by atoms with Gasteiger partial charge in [-0.3, -0.25) is 0 Å². The van der Waals surface area contributed by atoms with E-state index in [0.29, 0.717) is 23.8 Å². The molecule has 0 radical (unpaired) electrons. The summed E-state index contributed by atoms with van der Waals surface area (Å²) in [5.41, 5.74) is 3.38. The fourth-order valence-electron chi connectivity index (χ4n) is 3.39. The average Bonchev–Trinajstić information content (AvgIpc) is 2.89. The lowest BCUT2D eigenvalue weighted by Gasteiger charge is -2.14. The standard InChI is InChI=1S/C26H28N2O5S.C2H6/c1-4-9-23(20-14-17-24(32-3)25(18-20)33-5-2)19-12-15-21(16-13-19)27-26(29)28-34(30,31)22-10-7-6-8-11-22;1-2/h6-18H,4-5H2,1-3H3,(H2,27,28,29);1-2H3/b23-9-;. The van der Waals surface area contributed by atoms with Crippen molar-refractivity contribution in [1.29, 1.82) is 0 Å². The summed E-state index contributed by atoms with van der Waals surface area (Å²) in [6.45, 7) is 8.50. The Morgan fingerprint density at radius 1 is 0.889 bits per heavy atom. The number of carbonyl (C=O) groups is 1. The van der Waals surface area contributed by atoms with Crippen molar-refractivity contribution in [2.45, 2.75) is 39.0 Å². The zero-order valence-electron chi connectivity index (χ0n) is 21.4. The van der Waals surface area contributed by atoms with Crippen molar-refractivity contribution in [1.82, 2.24) is 4.72 Å². The summed E-state index contributed by atoms with van der Waals surface area (Å²) in [4.78, 5) is 12.3. The van der Waals surface area contributed by atoms with Gasteiger partial charge in [0.1, 0.15) is 0 Å². The first-order valence-electron chi connectivity index (χ1n) is 11.9. The van der Waals surface area contributed by atoms with Crippen LogP contribution in [0.2, 0.25) is 0 Å². The Balaban J connectivity index is 0.00000222. The first kappa shape index (κ1) is 28.5. The number of nitrogens with one attached hydrogen (secondary N) is 2. The van der Waals surface area contributed by atoms with Gasteiger partial charge in [-0.15, -0.1) is 0 Å². The Kier molecular flexibility index (Phi) is 11.0. The van der Waals surface area contributed by atoms with E-state index in [1.165, 1.54) is 12.1 Å². The second-order valence-corrected chi connectivity index (χ2v) is 8.96. The van der Waals surface area contributed by atoms with E-state index in [1.54, 1.807) is 37.4 Å². The van der Waals surface area contributed by atoms with Crippen LogP contribution in [0.4, 0.5) is 10.5 Å². The summed E-state index contributed by atoms with van der Waals surface area (Å²) in [6.07, 6.45) is 2.93. The summed E-state index contributed by atoms with van der Waals surface area (Å²) in [5, 5.41) is 2.56. The van der Waals surface area contributed by atoms with Crippen LogP contribution < -0.4 is 19.5 Å². The van der Waals surface area contributed by atoms with Gasteiger partial charge < -0.3 is 14.8 Å². The van der Waals surface area contributed by atoms with E-state index in [2.05, 4.69) is 18.3 Å². The number of allylic oxidation sites excluding steroid dienone is 1. The highest BCUT2D eigenvalue weighted by Gasteiger charge is 2.17. The first-order chi connectivity index (χ1) is 17.4. The van der Waals surface area contributed by atoms with Gasteiger partial charge in [-0.2, -0.15) is 0 Å². The van der Waals surface area contributed by atoms with Gasteiger partial charge in [-0.1, -0.05) is 63.2 Å². The molecule has 2 N–H and O–H groups in total. The second kappa shape index (κ2) is 13.9. The van der Waals surface area contributed by atoms with Gasteiger partial charge in [-0.05, 0) is 66.4 Å². The third kappa shape index (κ3) is 7.61. The highest BCUT2D eigenvalue weighted by atomic mass is 32.2. The molecule has 0 spiro atoms. The molecule has 0 heterocycles. The van der Waals surface area contributed by atoms with Crippen LogP contribution in [-0.4, -0.2) is 28.2 Å². The molecule has 0 aliphatic rings. The van der Waals surface area contributed by atoms with Gasteiger partial charge in [0, 0.05) is 5.69 Å². The number of sulfonamides is 1. The molecular weight excluding hydrogens is 476 g/mol. The fourth-order valence-corrected chi connectivity index (χ4v) is 4.32. The average molecular weight is 511 g/mol. The van der Waals surface area contributed by atoms with E-state index >= 15 is 0 Å². The summed E-state index contributed by atoms with van der Waals surface area (Å²) < 4.78 is 37.8. The van der Waals surface area contributed by atoms with Crippen LogP contribution in [0.3, 0.4) is 0 Å². The largest absolute Gasteiger partial charge is 0.493 e. The van der Waals surface area contributed by atoms with Gasteiger partial charge >= 0.3 is 6.03 Å². The van der Waals surface area contributed by atoms with Crippen molar-refractivity contribution in [3.8, 4) is 11.5 Å². The lowest BCUT2D eigenvalue weighted by molar-refractivity contribution is 0.256. The van der Waals surface area contributed by atoms with Crippen LogP contribution in [0.15, 0.2) is 83.8 Å². The molecule has 7 nitrogen and oxygen atoms in total. The number of benzene rings is 3. The molecule has 0 aliphatic carbocycles. The number of hydrogen-bond acceptors (Lipinski definition) is 5. The van der Waals surface area contributed by atoms with Crippen LogP contribution in [-0.2, 0) is 10.0 Å². The number of hydrogen-bond donors (Lipinski definition) is 2. The molecule has 2 amide bonds. The summed E-state index contributed by atoms with van der Waals surface area (Å²) in [6, 6.07) is 19.8. The molecule has 0 aliphatic heterocycles. The van der Waals surface area contributed by atoms with Crippen molar-refractivity contribution in [2.75, 3.05) is 19.0 Å². The van der Waals surface area contributed by atoms with Crippen LogP contribution in [0.1, 0.15) is 45.2 Å². The third-order valence-corrected chi connectivity index (χ3v) is 6.26. The number of urea groups is 1. The van der Waals surface area contributed by atoms with E-state index in [9.17, 15) is 13.2 Å². The summed E-state index contributed by atoms with van der Waals surface area (Å²) in [5.74, 6) is 1.33. The first-order valence-corrected chi connectivity index (χ1v) is 13.4. The molecule has 0 aromatic heterocycles. The predicted octanol–water partition coefficient (Wildman–Crippen LogP) is 6.47. The van der Waals surface area contributed by atoms with Crippen molar-refractivity contribution in [2.24, 2.45) is 0 Å². The minimum absolute atomic E-state index is 0.0146. The Morgan fingerprint density at radius 2 is 1.53 bits per heavy atom. The number of amides is 2. The van der Waals surface area contributed by atoms with Crippen LogP contribution in [0.5, 0.6) is 11.5 Å². The molecule has 192 valence electrons. The van der Waals surface area contributed by atoms with Crippen molar-refractivity contribution in [3.05, 3.63) is 90.0 Å². The van der Waals surface area contributed by atoms with Gasteiger partial charge in [0.05, 0.1) is 18.6 Å². The third-order valence-electron chi connectivity index (χ3n) is 4.92. The Bertz CT molecular complexity index is 1250. The van der Waals surface area contributed by atoms with E-state index in [4.69, 9.17) is 9.47 Å². The Labute approximate surface area is 214 Å². The molecule has 0 atom stereocenters. The van der Waals surface area contributed by atoms with Crippen molar-refractivity contribution < 1.29 is 22.7 Å². The lowest BCUT2D eigenvalue weighted by atomic mass is 9.96. The highest BCUT2D eigenvalue weighted by molar-refractivity contribution is 7.90. The molecule has 3 rings (SSSR count). The van der Waals surface area contributed by atoms with Gasteiger partial charge in [0.25, 0.3) is 10.0 Å². The van der Waals surface area contributed by atoms with Gasteiger partial charge in [0.2, 0.25) is 0 Å². The monoisotopic (exact) mass is 510 g/mol. The molecule has 3 aromatic carbocycles. The topological polar surface area (TPSA) is 93.7 Å². The molecule has 0 saturated heterocycles. The van der Waals surface area contributed by atoms with Crippen LogP contribution in [0.25, 0.3) is 5.57 Å². The number of ether oxygens (including phenoxy) is 2. The molecule has 3 aromatic rings. The van der Waals surface area contributed by atoms with Crippen molar-refractivity contribution in [3.63, 3.8) is 0 Å². The van der Waals surface area contributed by atoms with E-state index in [1.807, 2.05) is 55.8 Å². The smallest absolute Gasteiger partial charge is 0.333 e. The maximum absolute atomic E-state index is 12.3. The molecular formula is C28H34N2O5S. The number of carbonyl (C=O) groups excluding carboxylic acids is 1. The van der Waals surface area contributed by atoms with Crippen LogP contribution >= 0.6 is 0 Å². The SMILES string of the molecule is CC.CC/C=C(/c1ccc(NC(=O)NS(=O)(=O)c2ccccc2)cc1)c1ccc(OC)c(OCC)c1. The zero-order chi connectivity index (χ0) is 26.6.